The number of aromatic nitrogens is 3. The first-order chi connectivity index (χ1) is 12.6. The summed E-state index contributed by atoms with van der Waals surface area (Å²) in [5.74, 6) is -0.633. The van der Waals surface area contributed by atoms with Gasteiger partial charge in [0.2, 0.25) is 11.1 Å². The van der Waals surface area contributed by atoms with Gasteiger partial charge in [0.25, 0.3) is 0 Å². The molecule has 132 valence electrons. The number of carbonyl (C=O) groups excluding carboxylic acids is 2. The van der Waals surface area contributed by atoms with E-state index in [1.165, 1.54) is 23.9 Å². The lowest BCUT2D eigenvalue weighted by molar-refractivity contribution is -0.255. The summed E-state index contributed by atoms with van der Waals surface area (Å²) in [5, 5.41) is 21.0. The SMILES string of the molecule is O=C(CSc1n[nH]c(-c2ccccc2)n1)NCc1cccc(C(=O)[O-])c1. The van der Waals surface area contributed by atoms with E-state index >= 15 is 0 Å². The molecule has 26 heavy (non-hydrogen) atoms. The molecule has 3 aromatic rings. The molecule has 0 aliphatic carbocycles. The third-order valence-corrected chi connectivity index (χ3v) is 4.34. The first kappa shape index (κ1) is 17.7. The summed E-state index contributed by atoms with van der Waals surface area (Å²) in [4.78, 5) is 27.1. The van der Waals surface area contributed by atoms with Gasteiger partial charge in [-0.25, -0.2) is 4.98 Å². The normalized spacial score (nSPS) is 10.5. The molecule has 1 aromatic heterocycles. The summed E-state index contributed by atoms with van der Waals surface area (Å²) in [6, 6.07) is 15.9. The van der Waals surface area contributed by atoms with Crippen LogP contribution in [0.25, 0.3) is 11.4 Å². The van der Waals surface area contributed by atoms with Gasteiger partial charge in [-0.05, 0) is 17.2 Å². The molecule has 0 saturated carbocycles. The van der Waals surface area contributed by atoms with E-state index in [1.807, 2.05) is 30.3 Å². The van der Waals surface area contributed by atoms with Crippen LogP contribution >= 0.6 is 11.8 Å². The minimum atomic E-state index is -1.24. The zero-order valence-electron chi connectivity index (χ0n) is 13.6. The third kappa shape index (κ3) is 4.70. The first-order valence-corrected chi connectivity index (χ1v) is 8.78. The van der Waals surface area contributed by atoms with Crippen LogP contribution in [0.3, 0.4) is 0 Å². The van der Waals surface area contributed by atoms with E-state index in [0.29, 0.717) is 16.5 Å². The van der Waals surface area contributed by atoms with Crippen molar-refractivity contribution in [2.45, 2.75) is 11.7 Å². The second-order valence-electron chi connectivity index (χ2n) is 5.39. The van der Waals surface area contributed by atoms with Crippen LogP contribution < -0.4 is 10.4 Å². The number of benzene rings is 2. The standard InChI is InChI=1S/C18H16N4O3S/c23-15(19-10-12-5-4-8-14(9-12)17(24)25)11-26-18-20-16(21-22-18)13-6-2-1-3-7-13/h1-9H,10-11H2,(H,19,23)(H,24,25)(H,20,21,22)/p-1. The van der Waals surface area contributed by atoms with Gasteiger partial charge in [-0.3, -0.25) is 9.89 Å². The Morgan fingerprint density at radius 2 is 1.92 bits per heavy atom. The predicted molar refractivity (Wildman–Crippen MR) is 95.2 cm³/mol. The van der Waals surface area contributed by atoms with Gasteiger partial charge < -0.3 is 15.2 Å². The smallest absolute Gasteiger partial charge is 0.230 e. The summed E-state index contributed by atoms with van der Waals surface area (Å²) in [5.41, 5.74) is 1.69. The molecule has 2 aromatic carbocycles. The number of aromatic amines is 1. The molecule has 7 nitrogen and oxygen atoms in total. The number of carbonyl (C=O) groups is 2. The van der Waals surface area contributed by atoms with Gasteiger partial charge in [-0.2, -0.15) is 0 Å². The molecule has 0 atom stereocenters. The van der Waals surface area contributed by atoms with Crippen LogP contribution in [0.15, 0.2) is 59.8 Å². The zero-order valence-corrected chi connectivity index (χ0v) is 14.5. The molecule has 0 spiro atoms. The van der Waals surface area contributed by atoms with Gasteiger partial charge in [-0.15, -0.1) is 5.10 Å². The number of thioether (sulfide) groups is 1. The number of hydrogen-bond donors (Lipinski definition) is 2. The lowest BCUT2D eigenvalue weighted by Gasteiger charge is -2.07. The Bertz CT molecular complexity index is 912. The van der Waals surface area contributed by atoms with Crippen molar-refractivity contribution in [3.05, 3.63) is 65.7 Å². The Kier molecular flexibility index (Phi) is 5.65. The van der Waals surface area contributed by atoms with E-state index in [1.54, 1.807) is 12.1 Å². The van der Waals surface area contributed by atoms with Gasteiger partial charge in [0, 0.05) is 12.1 Å². The van der Waals surface area contributed by atoms with Crippen molar-refractivity contribution in [2.24, 2.45) is 0 Å². The average Bonchev–Trinajstić information content (AvgIpc) is 3.15. The summed E-state index contributed by atoms with van der Waals surface area (Å²) < 4.78 is 0. The van der Waals surface area contributed by atoms with Gasteiger partial charge in [0.05, 0.1) is 11.7 Å². The maximum Gasteiger partial charge on any atom is 0.230 e. The fourth-order valence-electron chi connectivity index (χ4n) is 2.23. The molecule has 0 fully saturated rings. The number of nitrogens with zero attached hydrogens (tertiary/aromatic N) is 2. The van der Waals surface area contributed by atoms with E-state index < -0.39 is 5.97 Å². The van der Waals surface area contributed by atoms with Crippen LogP contribution in [0.4, 0.5) is 0 Å². The molecule has 8 heteroatoms. The Balaban J connectivity index is 1.49. The highest BCUT2D eigenvalue weighted by atomic mass is 32.2. The van der Waals surface area contributed by atoms with Gasteiger partial charge >= 0.3 is 0 Å². The van der Waals surface area contributed by atoms with Crippen LogP contribution in [0.2, 0.25) is 0 Å². The van der Waals surface area contributed by atoms with Crippen molar-refractivity contribution >= 4 is 23.6 Å². The van der Waals surface area contributed by atoms with Gasteiger partial charge in [0.1, 0.15) is 0 Å². The second-order valence-corrected chi connectivity index (χ2v) is 6.33. The number of amides is 1. The minimum absolute atomic E-state index is 0.0836. The average molecular weight is 367 g/mol. The van der Waals surface area contributed by atoms with Crippen LogP contribution in [-0.2, 0) is 11.3 Å². The number of nitrogens with one attached hydrogen (secondary N) is 2. The third-order valence-electron chi connectivity index (χ3n) is 3.50. The highest BCUT2D eigenvalue weighted by molar-refractivity contribution is 7.99. The topological polar surface area (TPSA) is 111 Å². The van der Waals surface area contributed by atoms with Crippen LogP contribution in [0, 0.1) is 0 Å². The molecule has 0 unspecified atom stereocenters. The maximum atomic E-state index is 12.0. The molecular formula is C18H15N4O3S-. The van der Waals surface area contributed by atoms with Crippen molar-refractivity contribution < 1.29 is 14.7 Å². The number of rotatable bonds is 7. The van der Waals surface area contributed by atoms with Crippen LogP contribution in [0.1, 0.15) is 15.9 Å². The molecule has 0 aliphatic rings. The summed E-state index contributed by atoms with van der Waals surface area (Å²) in [6.07, 6.45) is 0. The lowest BCUT2D eigenvalue weighted by atomic mass is 10.1. The summed E-state index contributed by atoms with van der Waals surface area (Å²) >= 11 is 1.22. The molecule has 0 bridgehead atoms. The first-order valence-electron chi connectivity index (χ1n) is 7.79. The lowest BCUT2D eigenvalue weighted by Crippen LogP contribution is -2.25. The Morgan fingerprint density at radius 3 is 2.69 bits per heavy atom. The number of carboxylic acid groups (broad SMARTS) is 1. The Morgan fingerprint density at radius 1 is 1.12 bits per heavy atom. The van der Waals surface area contributed by atoms with Crippen LogP contribution in [-0.4, -0.2) is 32.8 Å². The van der Waals surface area contributed by atoms with E-state index in [4.69, 9.17) is 0 Å². The van der Waals surface area contributed by atoms with Crippen molar-refractivity contribution in [1.29, 1.82) is 0 Å². The number of aromatic carboxylic acids is 1. The number of H-pyrrole nitrogens is 1. The monoisotopic (exact) mass is 367 g/mol. The maximum absolute atomic E-state index is 12.0. The Hall–Kier alpha value is -3.13. The summed E-state index contributed by atoms with van der Waals surface area (Å²) in [6.45, 7) is 0.240. The van der Waals surface area contributed by atoms with E-state index in [2.05, 4.69) is 20.5 Å². The highest BCUT2D eigenvalue weighted by Gasteiger charge is 2.09. The fourth-order valence-corrected chi connectivity index (χ4v) is 2.85. The van der Waals surface area contributed by atoms with Gasteiger partial charge in [-0.1, -0.05) is 60.3 Å². The molecule has 2 N–H and O–H groups in total. The highest BCUT2D eigenvalue weighted by Crippen LogP contribution is 2.18. The quantitative estimate of drug-likeness (QED) is 0.608. The van der Waals surface area contributed by atoms with Crippen molar-refractivity contribution in [3.63, 3.8) is 0 Å². The number of hydrogen-bond acceptors (Lipinski definition) is 6. The Labute approximate surface area is 153 Å². The zero-order chi connectivity index (χ0) is 18.4. The predicted octanol–water partition coefficient (Wildman–Crippen LogP) is 1.24. The van der Waals surface area contributed by atoms with E-state index in [9.17, 15) is 14.7 Å². The largest absolute Gasteiger partial charge is 0.545 e. The molecule has 0 saturated heterocycles. The molecule has 0 radical (unpaired) electrons. The molecule has 1 amide bonds. The minimum Gasteiger partial charge on any atom is -0.545 e. The van der Waals surface area contributed by atoms with Crippen molar-refractivity contribution in [1.82, 2.24) is 20.5 Å². The van der Waals surface area contributed by atoms with E-state index in [0.717, 1.165) is 5.56 Å². The van der Waals surface area contributed by atoms with Gasteiger partial charge in [0.15, 0.2) is 5.82 Å². The van der Waals surface area contributed by atoms with Crippen molar-refractivity contribution in [3.8, 4) is 11.4 Å². The number of carboxylic acids is 1. The van der Waals surface area contributed by atoms with Crippen molar-refractivity contribution in [2.75, 3.05) is 5.75 Å². The fraction of sp³-hybridized carbons (Fsp3) is 0.111. The summed E-state index contributed by atoms with van der Waals surface area (Å²) in [7, 11) is 0. The molecule has 3 rings (SSSR count). The van der Waals surface area contributed by atoms with Crippen LogP contribution in [0.5, 0.6) is 0 Å². The molecular weight excluding hydrogens is 352 g/mol. The molecule has 1 heterocycles. The van der Waals surface area contributed by atoms with E-state index in [-0.39, 0.29) is 23.8 Å². The second kappa shape index (κ2) is 8.30. The molecule has 0 aliphatic heterocycles.